The Morgan fingerprint density at radius 3 is 2.45 bits per heavy atom. The topological polar surface area (TPSA) is 51.2 Å². The van der Waals surface area contributed by atoms with Crippen molar-refractivity contribution in [1.29, 1.82) is 0 Å². The fourth-order valence-electron chi connectivity index (χ4n) is 2.32. The Morgan fingerprint density at radius 1 is 1.05 bits per heavy atom. The number of benzene rings is 2. The van der Waals surface area contributed by atoms with Gasteiger partial charge in [-0.3, -0.25) is 4.21 Å². The number of hydrogen-bond donors (Lipinski definition) is 0. The molecule has 0 heterocycles. The molecule has 0 N–H and O–H groups in total. The van der Waals surface area contributed by atoms with Crippen molar-refractivity contribution < 1.29 is 12.6 Å². The van der Waals surface area contributed by atoms with E-state index in [4.69, 9.17) is 0 Å². The molecule has 0 bridgehead atoms. The van der Waals surface area contributed by atoms with Crippen molar-refractivity contribution >= 4 is 31.4 Å². The highest BCUT2D eigenvalue weighted by Gasteiger charge is 2.16. The van der Waals surface area contributed by atoms with Crippen LogP contribution in [0.25, 0.3) is 10.8 Å². The predicted octanol–water partition coefficient (Wildman–Crippen LogP) is 3.30. The van der Waals surface area contributed by atoms with Crippen LogP contribution in [0.3, 0.4) is 0 Å². The highest BCUT2D eigenvalue weighted by molar-refractivity contribution is 7.92. The summed E-state index contributed by atoms with van der Waals surface area (Å²) in [6, 6.07) is 14.0. The van der Waals surface area contributed by atoms with Crippen LogP contribution in [0.1, 0.15) is 25.8 Å². The average molecular weight is 338 g/mol. The van der Waals surface area contributed by atoms with E-state index in [2.05, 4.69) is 0 Å². The van der Waals surface area contributed by atoms with Crippen molar-refractivity contribution in [2.75, 3.05) is 11.5 Å². The van der Waals surface area contributed by atoms with Gasteiger partial charge in [0.1, 0.15) is 0 Å². The third kappa shape index (κ3) is 4.40. The van der Waals surface area contributed by atoms with E-state index in [1.165, 1.54) is 0 Å². The zero-order valence-electron chi connectivity index (χ0n) is 13.0. The van der Waals surface area contributed by atoms with Gasteiger partial charge in [-0.2, -0.15) is 0 Å². The number of fused-ring (bicyclic) bond motifs is 1. The normalized spacial score (nSPS) is 13.6. The highest BCUT2D eigenvalue weighted by atomic mass is 32.2. The minimum Gasteiger partial charge on any atom is -0.259 e. The van der Waals surface area contributed by atoms with Crippen molar-refractivity contribution in [1.82, 2.24) is 0 Å². The van der Waals surface area contributed by atoms with Gasteiger partial charge in [-0.25, -0.2) is 8.42 Å². The van der Waals surface area contributed by atoms with Crippen molar-refractivity contribution in [3.63, 3.8) is 0 Å². The molecule has 0 unspecified atom stereocenters. The maximum Gasteiger partial charge on any atom is 0.152 e. The Kier molecular flexibility index (Phi) is 5.75. The maximum atomic E-state index is 12.2. The van der Waals surface area contributed by atoms with Crippen LogP contribution in [0.2, 0.25) is 0 Å². The molecule has 0 spiro atoms. The van der Waals surface area contributed by atoms with Crippen LogP contribution in [0.4, 0.5) is 0 Å². The van der Waals surface area contributed by atoms with Crippen LogP contribution in [-0.2, 0) is 26.4 Å². The lowest BCUT2D eigenvalue weighted by Gasteiger charge is -2.08. The zero-order valence-corrected chi connectivity index (χ0v) is 14.6. The SMILES string of the molecule is CC(C)S(=O)(=O)CCC[S@](=O)Cc1cccc2ccccc12. The summed E-state index contributed by atoms with van der Waals surface area (Å²) in [6.45, 7) is 3.37. The molecule has 2 aromatic rings. The summed E-state index contributed by atoms with van der Waals surface area (Å²) in [5.41, 5.74) is 1.06. The van der Waals surface area contributed by atoms with E-state index in [9.17, 15) is 12.6 Å². The smallest absolute Gasteiger partial charge is 0.152 e. The molecule has 5 heteroatoms. The first kappa shape index (κ1) is 17.2. The van der Waals surface area contributed by atoms with E-state index in [0.29, 0.717) is 17.9 Å². The molecule has 0 aliphatic rings. The minimum atomic E-state index is -3.04. The van der Waals surface area contributed by atoms with Crippen molar-refractivity contribution in [2.24, 2.45) is 0 Å². The second-order valence-corrected chi connectivity index (χ2v) is 9.95. The molecule has 1 atom stereocenters. The predicted molar refractivity (Wildman–Crippen MR) is 94.2 cm³/mol. The first-order valence-electron chi connectivity index (χ1n) is 7.43. The van der Waals surface area contributed by atoms with Gasteiger partial charge in [0.2, 0.25) is 0 Å². The monoisotopic (exact) mass is 338 g/mol. The number of sulfone groups is 1. The Hall–Kier alpha value is -1.20. The lowest BCUT2D eigenvalue weighted by Crippen LogP contribution is -2.19. The first-order chi connectivity index (χ1) is 10.4. The van der Waals surface area contributed by atoms with Gasteiger partial charge < -0.3 is 0 Å². The second-order valence-electron chi connectivity index (χ2n) is 5.70. The van der Waals surface area contributed by atoms with E-state index in [0.717, 1.165) is 16.3 Å². The van der Waals surface area contributed by atoms with E-state index >= 15 is 0 Å². The number of rotatable bonds is 7. The summed E-state index contributed by atoms with van der Waals surface area (Å²) < 4.78 is 35.7. The van der Waals surface area contributed by atoms with Gasteiger partial charge >= 0.3 is 0 Å². The lowest BCUT2D eigenvalue weighted by atomic mass is 10.1. The average Bonchev–Trinajstić information content (AvgIpc) is 2.47. The maximum absolute atomic E-state index is 12.2. The minimum absolute atomic E-state index is 0.117. The largest absolute Gasteiger partial charge is 0.259 e. The Bertz CT molecular complexity index is 759. The van der Waals surface area contributed by atoms with Gasteiger partial charge in [0.05, 0.1) is 11.0 Å². The van der Waals surface area contributed by atoms with E-state index in [1.54, 1.807) is 13.8 Å². The van der Waals surface area contributed by atoms with Crippen LogP contribution >= 0.6 is 0 Å². The molecular weight excluding hydrogens is 316 g/mol. The molecule has 2 aromatic carbocycles. The van der Waals surface area contributed by atoms with Crippen LogP contribution in [0, 0.1) is 0 Å². The van der Waals surface area contributed by atoms with E-state index in [1.807, 2.05) is 42.5 Å². The summed E-state index contributed by atoms with van der Waals surface area (Å²) >= 11 is 0. The molecule has 22 heavy (non-hydrogen) atoms. The molecule has 0 fully saturated rings. The van der Waals surface area contributed by atoms with Crippen LogP contribution in [-0.4, -0.2) is 29.4 Å². The third-order valence-electron chi connectivity index (χ3n) is 3.72. The quantitative estimate of drug-likeness (QED) is 0.778. The molecule has 0 aliphatic heterocycles. The van der Waals surface area contributed by atoms with Crippen LogP contribution in [0.15, 0.2) is 42.5 Å². The van der Waals surface area contributed by atoms with Crippen molar-refractivity contribution in [3.8, 4) is 0 Å². The molecular formula is C17H22O3S2. The van der Waals surface area contributed by atoms with Gasteiger partial charge in [-0.15, -0.1) is 0 Å². The van der Waals surface area contributed by atoms with Crippen molar-refractivity contribution in [3.05, 3.63) is 48.0 Å². The molecule has 2 rings (SSSR count). The summed E-state index contributed by atoms with van der Waals surface area (Å²) in [6.07, 6.45) is 0.456. The van der Waals surface area contributed by atoms with Gasteiger partial charge in [-0.1, -0.05) is 42.5 Å². The zero-order chi connectivity index (χ0) is 16.2. The Morgan fingerprint density at radius 2 is 1.73 bits per heavy atom. The Labute approximate surface area is 135 Å². The fraction of sp³-hybridized carbons (Fsp3) is 0.412. The van der Waals surface area contributed by atoms with E-state index < -0.39 is 20.6 Å². The van der Waals surface area contributed by atoms with Gasteiger partial charge in [0.15, 0.2) is 9.84 Å². The number of hydrogen-bond acceptors (Lipinski definition) is 3. The van der Waals surface area contributed by atoms with Gasteiger partial charge in [0, 0.05) is 22.3 Å². The fourth-order valence-corrected chi connectivity index (χ4v) is 4.73. The third-order valence-corrected chi connectivity index (χ3v) is 7.39. The second kappa shape index (κ2) is 7.38. The molecule has 0 aromatic heterocycles. The summed E-state index contributed by atoms with van der Waals surface area (Å²) in [7, 11) is -4.08. The molecule has 120 valence electrons. The summed E-state index contributed by atoms with van der Waals surface area (Å²) in [5, 5.41) is 1.89. The molecule has 0 saturated carbocycles. The molecule has 0 saturated heterocycles. The first-order valence-corrected chi connectivity index (χ1v) is 10.6. The van der Waals surface area contributed by atoms with Gasteiger partial charge in [0.25, 0.3) is 0 Å². The van der Waals surface area contributed by atoms with Crippen LogP contribution in [0.5, 0.6) is 0 Å². The summed E-state index contributed by atoms with van der Waals surface area (Å²) in [5.74, 6) is 1.02. The molecule has 0 amide bonds. The molecule has 0 aliphatic carbocycles. The standard InChI is InChI=1S/C17H22O3S2/c1-14(2)22(19,20)12-6-11-21(18)13-16-9-5-8-15-7-3-4-10-17(15)16/h3-5,7-10,14H,6,11-13H2,1-2H3/t21-/m0/s1. The van der Waals surface area contributed by atoms with Crippen molar-refractivity contribution in [2.45, 2.75) is 31.3 Å². The molecule has 3 nitrogen and oxygen atoms in total. The van der Waals surface area contributed by atoms with Crippen LogP contribution < -0.4 is 0 Å². The Balaban J connectivity index is 1.97. The highest BCUT2D eigenvalue weighted by Crippen LogP contribution is 2.20. The lowest BCUT2D eigenvalue weighted by molar-refractivity contribution is 0.586. The molecule has 0 radical (unpaired) electrons. The van der Waals surface area contributed by atoms with E-state index in [-0.39, 0.29) is 11.0 Å². The van der Waals surface area contributed by atoms with Gasteiger partial charge in [-0.05, 0) is 36.6 Å². The summed E-state index contributed by atoms with van der Waals surface area (Å²) in [4.78, 5) is 0.